The maximum atomic E-state index is 13.2. The molecule has 3 rings (SSSR count). The number of aliphatic carboxylic acids is 1. The maximum Gasteiger partial charge on any atom is 0.416 e. The molecule has 2 aromatic rings. The minimum atomic E-state index is -5.20. The van der Waals surface area contributed by atoms with Crippen LogP contribution in [0.5, 0.6) is 5.75 Å². The molecule has 1 aliphatic rings. The van der Waals surface area contributed by atoms with Crippen LogP contribution in [0.3, 0.4) is 0 Å². The molecule has 1 aliphatic carbocycles. The molecule has 35 heavy (non-hydrogen) atoms. The Morgan fingerprint density at radius 3 is 2.20 bits per heavy atom. The number of carboxylic acid groups (broad SMARTS) is 1. The van der Waals surface area contributed by atoms with Crippen molar-refractivity contribution < 1.29 is 49.4 Å². The monoisotopic (exact) mass is 525 g/mol. The zero-order chi connectivity index (χ0) is 26.2. The lowest BCUT2D eigenvalue weighted by atomic mass is 9.86. The number of alkyl halides is 6. The third kappa shape index (κ3) is 6.07. The first kappa shape index (κ1) is 26.8. The summed E-state index contributed by atoms with van der Waals surface area (Å²) >= 11 is 0. The van der Waals surface area contributed by atoms with E-state index in [0.717, 1.165) is 0 Å². The molecular weight excluding hydrogens is 504 g/mol. The summed E-state index contributed by atoms with van der Waals surface area (Å²) in [6.07, 6.45) is -8.83. The number of carboxylic acids is 1. The van der Waals surface area contributed by atoms with Gasteiger partial charge in [0.2, 0.25) is 10.0 Å². The van der Waals surface area contributed by atoms with Gasteiger partial charge in [0.15, 0.2) is 6.61 Å². The van der Waals surface area contributed by atoms with Crippen molar-refractivity contribution in [2.75, 3.05) is 6.61 Å². The van der Waals surface area contributed by atoms with Gasteiger partial charge in [-0.1, -0.05) is 19.1 Å². The van der Waals surface area contributed by atoms with Gasteiger partial charge in [0.25, 0.3) is 0 Å². The van der Waals surface area contributed by atoms with Crippen LogP contribution in [-0.4, -0.2) is 26.1 Å². The Bertz CT molecular complexity index is 1190. The first-order valence-corrected chi connectivity index (χ1v) is 11.9. The number of ether oxygens (including phenoxy) is 1. The summed E-state index contributed by atoms with van der Waals surface area (Å²) in [7, 11) is -4.81. The van der Waals surface area contributed by atoms with E-state index in [9.17, 15) is 39.6 Å². The highest BCUT2D eigenvalue weighted by Crippen LogP contribution is 2.40. The van der Waals surface area contributed by atoms with Crippen molar-refractivity contribution in [3.8, 4) is 5.75 Å². The van der Waals surface area contributed by atoms with Crippen molar-refractivity contribution in [2.45, 2.75) is 55.9 Å². The smallest absolute Gasteiger partial charge is 0.416 e. The lowest BCUT2D eigenvalue weighted by Gasteiger charge is -2.29. The van der Waals surface area contributed by atoms with Gasteiger partial charge in [-0.3, -0.25) is 0 Å². The minimum absolute atomic E-state index is 0.146. The number of nitrogens with one attached hydrogen (secondary N) is 1. The number of halogens is 6. The van der Waals surface area contributed by atoms with Crippen molar-refractivity contribution in [2.24, 2.45) is 0 Å². The summed E-state index contributed by atoms with van der Waals surface area (Å²) in [5.41, 5.74) is -1.84. The number of carbonyl (C=O) groups is 1. The molecule has 2 N–H and O–H groups in total. The highest BCUT2D eigenvalue weighted by Gasteiger charge is 2.39. The molecule has 0 heterocycles. The number of benzene rings is 2. The SMILES string of the molecule is CCc1ccc2c(c1OCC(=O)O)CCCC2NS(=O)(=O)c1cc(C(F)(F)F)cc(C(F)(F)F)c1. The summed E-state index contributed by atoms with van der Waals surface area (Å²) in [6.45, 7) is 1.18. The van der Waals surface area contributed by atoms with Gasteiger partial charge in [-0.2, -0.15) is 26.3 Å². The number of hydrogen-bond acceptors (Lipinski definition) is 4. The zero-order valence-corrected chi connectivity index (χ0v) is 19.1. The van der Waals surface area contributed by atoms with Gasteiger partial charge in [-0.05, 0) is 60.6 Å². The number of rotatable bonds is 7. The normalized spacial score (nSPS) is 16.6. The Kier molecular flexibility index (Phi) is 7.42. The van der Waals surface area contributed by atoms with Gasteiger partial charge in [0.1, 0.15) is 5.75 Å². The minimum Gasteiger partial charge on any atom is -0.481 e. The highest BCUT2D eigenvalue weighted by molar-refractivity contribution is 7.89. The summed E-state index contributed by atoms with van der Waals surface area (Å²) in [6, 6.07) is 2.42. The molecule has 0 spiro atoms. The summed E-state index contributed by atoms with van der Waals surface area (Å²) in [5, 5.41) is 8.96. The second kappa shape index (κ2) is 9.69. The van der Waals surface area contributed by atoms with Crippen molar-refractivity contribution in [3.05, 3.63) is 58.1 Å². The molecule has 0 aliphatic heterocycles. The molecule has 0 saturated carbocycles. The van der Waals surface area contributed by atoms with E-state index in [1.165, 1.54) is 0 Å². The third-order valence-electron chi connectivity index (χ3n) is 5.56. The molecule has 6 nitrogen and oxygen atoms in total. The van der Waals surface area contributed by atoms with Crippen molar-refractivity contribution in [3.63, 3.8) is 0 Å². The standard InChI is InChI=1S/C22H21F6NO5S/c1-2-12-6-7-16-17(20(12)34-11-19(30)31)4-3-5-18(16)29-35(32,33)15-9-13(21(23,24)25)8-14(10-15)22(26,27)28/h6-10,18,29H,2-5,11H2,1H3,(H,30,31). The summed E-state index contributed by atoms with van der Waals surface area (Å²) in [5.74, 6) is -0.933. The van der Waals surface area contributed by atoms with E-state index in [2.05, 4.69) is 4.72 Å². The molecule has 0 radical (unpaired) electrons. The first-order chi connectivity index (χ1) is 16.1. The number of aryl methyl sites for hydroxylation is 1. The van der Waals surface area contributed by atoms with Gasteiger partial charge in [-0.25, -0.2) is 17.9 Å². The van der Waals surface area contributed by atoms with Crippen LogP contribution in [-0.2, 0) is 40.0 Å². The van der Waals surface area contributed by atoms with Crippen molar-refractivity contribution in [1.82, 2.24) is 4.72 Å². The molecule has 1 unspecified atom stereocenters. The van der Waals surface area contributed by atoms with Crippen LogP contribution in [0, 0.1) is 0 Å². The number of hydrogen-bond donors (Lipinski definition) is 2. The van der Waals surface area contributed by atoms with Crippen LogP contribution in [0.25, 0.3) is 0 Å². The second-order valence-electron chi connectivity index (χ2n) is 7.97. The molecule has 0 saturated heterocycles. The van der Waals surface area contributed by atoms with Crippen LogP contribution in [0.1, 0.15) is 53.6 Å². The van der Waals surface area contributed by atoms with Gasteiger partial charge in [0.05, 0.1) is 16.0 Å². The topological polar surface area (TPSA) is 92.7 Å². The van der Waals surface area contributed by atoms with Crippen molar-refractivity contribution in [1.29, 1.82) is 0 Å². The first-order valence-electron chi connectivity index (χ1n) is 10.4. The van der Waals surface area contributed by atoms with Crippen LogP contribution in [0.4, 0.5) is 26.3 Å². The molecule has 2 aromatic carbocycles. The summed E-state index contributed by atoms with van der Waals surface area (Å²) in [4.78, 5) is 9.80. The highest BCUT2D eigenvalue weighted by atomic mass is 32.2. The largest absolute Gasteiger partial charge is 0.481 e. The molecule has 1 atom stereocenters. The lowest BCUT2D eigenvalue weighted by Crippen LogP contribution is -2.32. The Labute approximate surface area is 197 Å². The Balaban J connectivity index is 2.03. The van der Waals surface area contributed by atoms with Gasteiger partial charge < -0.3 is 9.84 Å². The zero-order valence-electron chi connectivity index (χ0n) is 18.3. The Morgan fingerprint density at radius 2 is 1.69 bits per heavy atom. The van der Waals surface area contributed by atoms with E-state index in [1.54, 1.807) is 12.1 Å². The van der Waals surface area contributed by atoms with E-state index in [-0.39, 0.29) is 30.4 Å². The molecule has 13 heteroatoms. The van der Waals surface area contributed by atoms with Crippen LogP contribution in [0.2, 0.25) is 0 Å². The second-order valence-corrected chi connectivity index (χ2v) is 9.68. The predicted molar refractivity (Wildman–Crippen MR) is 111 cm³/mol. The molecule has 192 valence electrons. The fraction of sp³-hybridized carbons (Fsp3) is 0.409. The Hall–Kier alpha value is -2.80. The summed E-state index contributed by atoms with van der Waals surface area (Å²) < 4.78 is 113. The fourth-order valence-corrected chi connectivity index (χ4v) is 5.29. The number of sulfonamides is 1. The maximum absolute atomic E-state index is 13.2. The average molecular weight is 525 g/mol. The Morgan fingerprint density at radius 1 is 1.09 bits per heavy atom. The molecule has 0 fully saturated rings. The van der Waals surface area contributed by atoms with Gasteiger partial charge in [-0.15, -0.1) is 0 Å². The van der Waals surface area contributed by atoms with E-state index < -0.39 is 57.0 Å². The van der Waals surface area contributed by atoms with Crippen LogP contribution < -0.4 is 9.46 Å². The predicted octanol–water partition coefficient (Wildman–Crippen LogP) is 5.11. The average Bonchev–Trinajstić information content (AvgIpc) is 2.75. The number of fused-ring (bicyclic) bond motifs is 1. The molecular formula is C22H21F6NO5S. The van der Waals surface area contributed by atoms with E-state index in [1.807, 2.05) is 6.92 Å². The van der Waals surface area contributed by atoms with E-state index in [0.29, 0.717) is 36.0 Å². The molecule has 0 bridgehead atoms. The van der Waals surface area contributed by atoms with Crippen LogP contribution >= 0.6 is 0 Å². The van der Waals surface area contributed by atoms with E-state index >= 15 is 0 Å². The van der Waals surface area contributed by atoms with Gasteiger partial charge in [0, 0.05) is 6.04 Å². The fourth-order valence-electron chi connectivity index (χ4n) is 3.97. The molecule has 0 amide bonds. The third-order valence-corrected chi connectivity index (χ3v) is 7.01. The molecule has 0 aromatic heterocycles. The quantitative estimate of drug-likeness (QED) is 0.491. The lowest BCUT2D eigenvalue weighted by molar-refractivity contribution is -0.143. The van der Waals surface area contributed by atoms with Gasteiger partial charge >= 0.3 is 18.3 Å². The van der Waals surface area contributed by atoms with Crippen molar-refractivity contribution >= 4 is 16.0 Å². The van der Waals surface area contributed by atoms with E-state index in [4.69, 9.17) is 9.84 Å². The van der Waals surface area contributed by atoms with Crippen LogP contribution in [0.15, 0.2) is 35.2 Å².